The molecule has 0 radical (unpaired) electrons. The van der Waals surface area contributed by atoms with Gasteiger partial charge in [-0.15, -0.1) is 0 Å². The molecule has 0 amide bonds. The molecule has 0 aromatic heterocycles. The number of benzene rings is 1. The van der Waals surface area contributed by atoms with Crippen LogP contribution in [-0.4, -0.2) is 23.3 Å². The summed E-state index contributed by atoms with van der Waals surface area (Å²) >= 11 is 0. The Morgan fingerprint density at radius 1 is 1.20 bits per heavy atom. The monoisotopic (exact) mass is 273 g/mol. The van der Waals surface area contributed by atoms with Gasteiger partial charge in [0.25, 0.3) is 0 Å². The van der Waals surface area contributed by atoms with E-state index in [-0.39, 0.29) is 0 Å². The van der Waals surface area contributed by atoms with E-state index in [4.69, 9.17) is 0 Å². The highest BCUT2D eigenvalue weighted by Crippen LogP contribution is 2.24. The molecule has 0 N–H and O–H groups in total. The van der Waals surface area contributed by atoms with Crippen LogP contribution in [0.15, 0.2) is 18.2 Å². The van der Waals surface area contributed by atoms with E-state index in [9.17, 15) is 4.79 Å². The number of likely N-dealkylation sites (tertiary alicyclic amines) is 1. The second-order valence-electron chi connectivity index (χ2n) is 6.25. The van der Waals surface area contributed by atoms with E-state index in [0.717, 1.165) is 13.1 Å². The average molecular weight is 273 g/mol. The summed E-state index contributed by atoms with van der Waals surface area (Å²) in [5, 5.41) is 0. The fourth-order valence-electron chi connectivity index (χ4n) is 3.31. The molecule has 110 valence electrons. The van der Waals surface area contributed by atoms with Gasteiger partial charge in [-0.1, -0.05) is 31.0 Å². The van der Waals surface area contributed by atoms with Gasteiger partial charge in [-0.05, 0) is 56.8 Å². The highest BCUT2D eigenvalue weighted by Gasteiger charge is 2.23. The predicted octanol–water partition coefficient (Wildman–Crippen LogP) is 4.03. The minimum absolute atomic E-state index is 0.323. The van der Waals surface area contributed by atoms with E-state index in [0.29, 0.717) is 18.2 Å². The van der Waals surface area contributed by atoms with Gasteiger partial charge in [0.15, 0.2) is 0 Å². The summed E-state index contributed by atoms with van der Waals surface area (Å²) in [7, 11) is 0. The molecule has 0 saturated carbocycles. The standard InChI is InChI=1S/C18H27NO/c1-14-8-7-9-15(2)18(14)13-19-11-6-4-5-10-17(19)12-16(3)20/h7-9,17H,4-6,10-13H2,1-3H3. The van der Waals surface area contributed by atoms with Gasteiger partial charge in [-0.2, -0.15) is 0 Å². The number of nitrogens with zero attached hydrogens (tertiary/aromatic N) is 1. The number of Topliss-reactive ketones (excluding diaryl/α,β-unsaturated/α-hetero) is 1. The zero-order chi connectivity index (χ0) is 14.5. The van der Waals surface area contributed by atoms with Gasteiger partial charge >= 0.3 is 0 Å². The summed E-state index contributed by atoms with van der Waals surface area (Å²) < 4.78 is 0. The molecule has 1 unspecified atom stereocenters. The van der Waals surface area contributed by atoms with Gasteiger partial charge in [0.05, 0.1) is 0 Å². The molecule has 1 aliphatic rings. The number of rotatable bonds is 4. The van der Waals surface area contributed by atoms with Crippen molar-refractivity contribution >= 4 is 5.78 Å². The molecule has 0 bridgehead atoms. The summed E-state index contributed by atoms with van der Waals surface area (Å²) in [6, 6.07) is 6.96. The third-order valence-corrected chi connectivity index (χ3v) is 4.53. The fourth-order valence-corrected chi connectivity index (χ4v) is 3.31. The van der Waals surface area contributed by atoms with Crippen molar-refractivity contribution in [2.75, 3.05) is 6.54 Å². The Labute approximate surface area is 123 Å². The smallest absolute Gasteiger partial charge is 0.131 e. The number of hydrogen-bond donors (Lipinski definition) is 0. The SMILES string of the molecule is CC(=O)CC1CCCCCN1Cc1c(C)cccc1C. The molecule has 20 heavy (non-hydrogen) atoms. The van der Waals surface area contributed by atoms with Gasteiger partial charge in [0, 0.05) is 19.0 Å². The van der Waals surface area contributed by atoms with Gasteiger partial charge in [-0.25, -0.2) is 0 Å². The van der Waals surface area contributed by atoms with Crippen LogP contribution in [0, 0.1) is 13.8 Å². The first kappa shape index (κ1) is 15.2. The summed E-state index contributed by atoms with van der Waals surface area (Å²) in [6.07, 6.45) is 5.72. The Hall–Kier alpha value is -1.15. The first-order chi connectivity index (χ1) is 9.58. The minimum Gasteiger partial charge on any atom is -0.300 e. The Balaban J connectivity index is 2.16. The maximum absolute atomic E-state index is 11.5. The maximum atomic E-state index is 11.5. The lowest BCUT2D eigenvalue weighted by atomic mass is 10.00. The largest absolute Gasteiger partial charge is 0.300 e. The molecule has 1 aliphatic heterocycles. The molecule has 2 heteroatoms. The molecule has 1 heterocycles. The molecular weight excluding hydrogens is 246 g/mol. The normalized spacial score (nSPS) is 20.6. The van der Waals surface area contributed by atoms with Crippen molar-refractivity contribution in [1.82, 2.24) is 4.90 Å². The number of aryl methyl sites for hydroxylation is 2. The molecule has 1 aromatic carbocycles. The first-order valence-corrected chi connectivity index (χ1v) is 7.86. The van der Waals surface area contributed by atoms with E-state index in [1.807, 2.05) is 0 Å². The van der Waals surface area contributed by atoms with Gasteiger partial charge < -0.3 is 0 Å². The third kappa shape index (κ3) is 3.92. The van der Waals surface area contributed by atoms with Crippen molar-refractivity contribution < 1.29 is 4.79 Å². The molecule has 0 aliphatic carbocycles. The fraction of sp³-hybridized carbons (Fsp3) is 0.611. The van der Waals surface area contributed by atoms with E-state index >= 15 is 0 Å². The predicted molar refractivity (Wildman–Crippen MR) is 83.9 cm³/mol. The highest BCUT2D eigenvalue weighted by atomic mass is 16.1. The van der Waals surface area contributed by atoms with Crippen LogP contribution in [-0.2, 0) is 11.3 Å². The molecular formula is C18H27NO. The summed E-state index contributed by atoms with van der Waals surface area (Å²) in [6.45, 7) is 8.24. The Morgan fingerprint density at radius 3 is 2.55 bits per heavy atom. The zero-order valence-electron chi connectivity index (χ0n) is 13.1. The molecule has 2 nitrogen and oxygen atoms in total. The van der Waals surface area contributed by atoms with Crippen molar-refractivity contribution in [2.24, 2.45) is 0 Å². The van der Waals surface area contributed by atoms with Crippen LogP contribution in [0.25, 0.3) is 0 Å². The van der Waals surface area contributed by atoms with Gasteiger partial charge in [0.1, 0.15) is 5.78 Å². The summed E-state index contributed by atoms with van der Waals surface area (Å²) in [4.78, 5) is 14.1. The lowest BCUT2D eigenvalue weighted by Crippen LogP contribution is -2.36. The molecule has 1 fully saturated rings. The lowest BCUT2D eigenvalue weighted by molar-refractivity contribution is -0.118. The molecule has 1 atom stereocenters. The van der Waals surface area contributed by atoms with Crippen LogP contribution in [0.3, 0.4) is 0 Å². The van der Waals surface area contributed by atoms with E-state index < -0.39 is 0 Å². The van der Waals surface area contributed by atoms with Gasteiger partial charge in [0.2, 0.25) is 0 Å². The van der Waals surface area contributed by atoms with Crippen molar-refractivity contribution in [3.8, 4) is 0 Å². The van der Waals surface area contributed by atoms with Crippen LogP contribution < -0.4 is 0 Å². The minimum atomic E-state index is 0.323. The lowest BCUT2D eigenvalue weighted by Gasteiger charge is -2.30. The number of ketones is 1. The van der Waals surface area contributed by atoms with Crippen LogP contribution in [0.4, 0.5) is 0 Å². The quantitative estimate of drug-likeness (QED) is 0.825. The van der Waals surface area contributed by atoms with Crippen LogP contribution >= 0.6 is 0 Å². The Kier molecular flexibility index (Phi) is 5.36. The number of hydrogen-bond acceptors (Lipinski definition) is 2. The zero-order valence-corrected chi connectivity index (χ0v) is 13.1. The maximum Gasteiger partial charge on any atom is 0.131 e. The number of carbonyl (C=O) groups is 1. The van der Waals surface area contributed by atoms with Crippen LogP contribution in [0.2, 0.25) is 0 Å². The van der Waals surface area contributed by atoms with Crippen molar-refractivity contribution in [2.45, 2.75) is 65.5 Å². The van der Waals surface area contributed by atoms with E-state index in [2.05, 4.69) is 36.9 Å². The van der Waals surface area contributed by atoms with Crippen LogP contribution in [0.5, 0.6) is 0 Å². The molecule has 1 saturated heterocycles. The second-order valence-corrected chi connectivity index (χ2v) is 6.25. The van der Waals surface area contributed by atoms with Crippen molar-refractivity contribution in [1.29, 1.82) is 0 Å². The first-order valence-electron chi connectivity index (χ1n) is 7.86. The second kappa shape index (κ2) is 7.03. The summed E-state index contributed by atoms with van der Waals surface area (Å²) in [5.41, 5.74) is 4.19. The summed E-state index contributed by atoms with van der Waals surface area (Å²) in [5.74, 6) is 0.323. The molecule has 1 aromatic rings. The van der Waals surface area contributed by atoms with E-state index in [1.165, 1.54) is 42.4 Å². The van der Waals surface area contributed by atoms with Crippen molar-refractivity contribution in [3.05, 3.63) is 34.9 Å². The van der Waals surface area contributed by atoms with E-state index in [1.54, 1.807) is 6.92 Å². The molecule has 2 rings (SSSR count). The molecule has 0 spiro atoms. The van der Waals surface area contributed by atoms with Crippen LogP contribution in [0.1, 0.15) is 55.7 Å². The topological polar surface area (TPSA) is 20.3 Å². The highest BCUT2D eigenvalue weighted by molar-refractivity contribution is 5.76. The number of carbonyl (C=O) groups excluding carboxylic acids is 1. The Bertz CT molecular complexity index is 446. The Morgan fingerprint density at radius 2 is 1.90 bits per heavy atom. The van der Waals surface area contributed by atoms with Gasteiger partial charge in [-0.3, -0.25) is 9.69 Å². The third-order valence-electron chi connectivity index (χ3n) is 4.53. The average Bonchev–Trinajstić information content (AvgIpc) is 2.59. The van der Waals surface area contributed by atoms with Crippen molar-refractivity contribution in [3.63, 3.8) is 0 Å².